The first kappa shape index (κ1) is 9.46. The van der Waals surface area contributed by atoms with Crippen LogP contribution in [0, 0.1) is 12.7 Å². The maximum Gasteiger partial charge on any atom is 0.126 e. The van der Waals surface area contributed by atoms with Crippen LogP contribution in [-0.4, -0.2) is 13.6 Å². The predicted molar refractivity (Wildman–Crippen MR) is 56.0 cm³/mol. The minimum Gasteiger partial charge on any atom is -0.385 e. The molecule has 1 atom stereocenters. The second-order valence-electron chi connectivity index (χ2n) is 3.69. The molecule has 1 aromatic rings. The van der Waals surface area contributed by atoms with E-state index in [1.807, 2.05) is 20.0 Å². The lowest BCUT2D eigenvalue weighted by molar-refractivity contribution is 0.537. The Bertz CT molecular complexity index is 349. The van der Waals surface area contributed by atoms with Crippen LogP contribution >= 0.6 is 0 Å². The molecule has 76 valence electrons. The van der Waals surface area contributed by atoms with Crippen LogP contribution in [0.15, 0.2) is 12.1 Å². The van der Waals surface area contributed by atoms with Crippen molar-refractivity contribution in [1.82, 2.24) is 5.32 Å². The molecule has 0 saturated heterocycles. The van der Waals surface area contributed by atoms with Gasteiger partial charge in [-0.2, -0.15) is 0 Å². The van der Waals surface area contributed by atoms with E-state index >= 15 is 0 Å². The molecule has 2 nitrogen and oxygen atoms in total. The van der Waals surface area contributed by atoms with Crippen LogP contribution in [0.5, 0.6) is 0 Å². The number of rotatable bonds is 1. The molecule has 14 heavy (non-hydrogen) atoms. The third-order valence-electron chi connectivity index (χ3n) is 2.89. The third-order valence-corrected chi connectivity index (χ3v) is 2.89. The van der Waals surface area contributed by atoms with Crippen molar-refractivity contribution in [3.8, 4) is 0 Å². The highest BCUT2D eigenvalue weighted by Crippen LogP contribution is 2.33. The van der Waals surface area contributed by atoms with Gasteiger partial charge in [-0.15, -0.1) is 0 Å². The molecule has 1 heterocycles. The van der Waals surface area contributed by atoms with Crippen LogP contribution in [0.1, 0.15) is 23.6 Å². The predicted octanol–water partition coefficient (Wildman–Crippen LogP) is 2.21. The fourth-order valence-corrected chi connectivity index (χ4v) is 2.09. The molecule has 1 aliphatic rings. The fourth-order valence-electron chi connectivity index (χ4n) is 2.09. The topological polar surface area (TPSA) is 24.1 Å². The van der Waals surface area contributed by atoms with E-state index in [4.69, 9.17) is 0 Å². The quantitative estimate of drug-likeness (QED) is 0.716. The monoisotopic (exact) mass is 194 g/mol. The van der Waals surface area contributed by atoms with E-state index in [1.165, 1.54) is 6.07 Å². The zero-order valence-electron chi connectivity index (χ0n) is 8.52. The smallest absolute Gasteiger partial charge is 0.126 e. The molecular formula is C11H15FN2. The summed E-state index contributed by atoms with van der Waals surface area (Å²) in [5.74, 6) is -0.118. The van der Waals surface area contributed by atoms with Crippen LogP contribution in [0.4, 0.5) is 10.1 Å². The van der Waals surface area contributed by atoms with E-state index in [0.717, 1.165) is 29.8 Å². The van der Waals surface area contributed by atoms with Crippen LogP contribution in [-0.2, 0) is 0 Å². The Morgan fingerprint density at radius 2 is 2.29 bits per heavy atom. The standard InChI is InChI=1S/C11H15FN2/c1-7-8(12)3-4-10-11(7)9(13-2)5-6-14-10/h3-4,9,13-14H,5-6H2,1-2H3. The molecule has 3 heteroatoms. The molecule has 1 unspecified atom stereocenters. The second kappa shape index (κ2) is 3.58. The van der Waals surface area contributed by atoms with E-state index in [2.05, 4.69) is 10.6 Å². The summed E-state index contributed by atoms with van der Waals surface area (Å²) >= 11 is 0. The van der Waals surface area contributed by atoms with Gasteiger partial charge in [-0.25, -0.2) is 4.39 Å². The summed E-state index contributed by atoms with van der Waals surface area (Å²) in [6, 6.07) is 3.63. The number of halogens is 1. The number of anilines is 1. The summed E-state index contributed by atoms with van der Waals surface area (Å²) < 4.78 is 13.4. The maximum atomic E-state index is 13.4. The molecule has 0 radical (unpaired) electrons. The summed E-state index contributed by atoms with van der Waals surface area (Å²) in [4.78, 5) is 0. The van der Waals surface area contributed by atoms with Crippen LogP contribution in [0.25, 0.3) is 0 Å². The van der Waals surface area contributed by atoms with Crippen molar-refractivity contribution >= 4 is 5.69 Å². The van der Waals surface area contributed by atoms with E-state index in [9.17, 15) is 4.39 Å². The van der Waals surface area contributed by atoms with E-state index in [0.29, 0.717) is 0 Å². The third kappa shape index (κ3) is 1.38. The first-order chi connectivity index (χ1) is 6.74. The first-order valence-electron chi connectivity index (χ1n) is 4.94. The van der Waals surface area contributed by atoms with Gasteiger partial charge >= 0.3 is 0 Å². The number of benzene rings is 1. The Morgan fingerprint density at radius 3 is 3.00 bits per heavy atom. The van der Waals surface area contributed by atoms with Gasteiger partial charge in [0, 0.05) is 18.3 Å². The highest BCUT2D eigenvalue weighted by molar-refractivity contribution is 5.58. The molecule has 1 aliphatic heterocycles. The Balaban J connectivity index is 2.53. The molecule has 1 aromatic carbocycles. The van der Waals surface area contributed by atoms with Gasteiger partial charge in [0.1, 0.15) is 5.82 Å². The Morgan fingerprint density at radius 1 is 1.50 bits per heavy atom. The largest absolute Gasteiger partial charge is 0.385 e. The molecule has 0 aliphatic carbocycles. The summed E-state index contributed by atoms with van der Waals surface area (Å²) in [5, 5.41) is 6.51. The normalized spacial score (nSPS) is 20.1. The molecule has 0 amide bonds. The first-order valence-corrected chi connectivity index (χ1v) is 4.94. The van der Waals surface area contributed by atoms with Crippen LogP contribution < -0.4 is 10.6 Å². The minimum absolute atomic E-state index is 0.118. The van der Waals surface area contributed by atoms with Crippen molar-refractivity contribution in [1.29, 1.82) is 0 Å². The van der Waals surface area contributed by atoms with Crippen molar-refractivity contribution in [2.45, 2.75) is 19.4 Å². The SMILES string of the molecule is CNC1CCNc2ccc(F)c(C)c21. The molecule has 0 fully saturated rings. The Hall–Kier alpha value is -1.09. The van der Waals surface area contributed by atoms with Gasteiger partial charge in [0.2, 0.25) is 0 Å². The molecular weight excluding hydrogens is 179 g/mol. The summed E-state index contributed by atoms with van der Waals surface area (Å²) in [6.07, 6.45) is 1.01. The van der Waals surface area contributed by atoms with Gasteiger partial charge in [-0.1, -0.05) is 0 Å². The van der Waals surface area contributed by atoms with Gasteiger partial charge < -0.3 is 10.6 Å². The average Bonchev–Trinajstić information content (AvgIpc) is 2.23. The van der Waals surface area contributed by atoms with Crippen molar-refractivity contribution in [3.05, 3.63) is 29.1 Å². The molecule has 2 N–H and O–H groups in total. The van der Waals surface area contributed by atoms with E-state index in [-0.39, 0.29) is 11.9 Å². The van der Waals surface area contributed by atoms with Crippen molar-refractivity contribution < 1.29 is 4.39 Å². The maximum absolute atomic E-state index is 13.4. The van der Waals surface area contributed by atoms with Gasteiger partial charge in [0.05, 0.1) is 0 Å². The van der Waals surface area contributed by atoms with Crippen molar-refractivity contribution in [3.63, 3.8) is 0 Å². The minimum atomic E-state index is -0.118. The van der Waals surface area contributed by atoms with Gasteiger partial charge in [-0.05, 0) is 43.7 Å². The van der Waals surface area contributed by atoms with Gasteiger partial charge in [0.15, 0.2) is 0 Å². The number of hydrogen-bond acceptors (Lipinski definition) is 2. The van der Waals surface area contributed by atoms with E-state index < -0.39 is 0 Å². The van der Waals surface area contributed by atoms with Gasteiger partial charge in [0.25, 0.3) is 0 Å². The summed E-state index contributed by atoms with van der Waals surface area (Å²) in [6.45, 7) is 2.79. The zero-order valence-corrected chi connectivity index (χ0v) is 8.52. The lowest BCUT2D eigenvalue weighted by atomic mass is 9.93. The molecule has 0 saturated carbocycles. The lowest BCUT2D eigenvalue weighted by Crippen LogP contribution is -2.26. The Kier molecular flexibility index (Phi) is 2.42. The summed E-state index contributed by atoms with van der Waals surface area (Å²) in [5.41, 5.74) is 2.90. The van der Waals surface area contributed by atoms with E-state index in [1.54, 1.807) is 0 Å². The lowest BCUT2D eigenvalue weighted by Gasteiger charge is -2.28. The highest BCUT2D eigenvalue weighted by atomic mass is 19.1. The van der Waals surface area contributed by atoms with Crippen molar-refractivity contribution in [2.24, 2.45) is 0 Å². The number of fused-ring (bicyclic) bond motifs is 1. The van der Waals surface area contributed by atoms with Crippen LogP contribution in [0.2, 0.25) is 0 Å². The second-order valence-corrected chi connectivity index (χ2v) is 3.69. The van der Waals surface area contributed by atoms with Crippen LogP contribution in [0.3, 0.4) is 0 Å². The zero-order chi connectivity index (χ0) is 10.1. The molecule has 2 rings (SSSR count). The number of nitrogens with one attached hydrogen (secondary N) is 2. The molecule has 0 aromatic heterocycles. The average molecular weight is 194 g/mol. The highest BCUT2D eigenvalue weighted by Gasteiger charge is 2.21. The summed E-state index contributed by atoms with van der Waals surface area (Å²) in [7, 11) is 1.92. The Labute approximate surface area is 83.5 Å². The molecule has 0 spiro atoms. The number of hydrogen-bond donors (Lipinski definition) is 2. The van der Waals surface area contributed by atoms with Crippen molar-refractivity contribution in [2.75, 3.05) is 18.9 Å². The van der Waals surface area contributed by atoms with Gasteiger partial charge in [-0.3, -0.25) is 0 Å². The molecule has 0 bridgehead atoms. The fraction of sp³-hybridized carbons (Fsp3) is 0.455.